The molecule has 12 heteroatoms. The van der Waals surface area contributed by atoms with Crippen LogP contribution in [-0.4, -0.2) is 35.0 Å². The number of anilines is 2. The maximum Gasteiger partial charge on any atom is 0.264 e. The number of nitriles is 1. The Morgan fingerprint density at radius 1 is 1.03 bits per heavy atom. The van der Waals surface area contributed by atoms with Crippen LogP contribution in [0.3, 0.4) is 0 Å². The number of aromatic nitrogens is 3. The number of hydrogen-bond acceptors (Lipinski definition) is 8. The van der Waals surface area contributed by atoms with E-state index in [1.165, 1.54) is 30.5 Å². The van der Waals surface area contributed by atoms with Gasteiger partial charge in [0.05, 0.1) is 21.9 Å². The molecule has 0 unspecified atom stereocenters. The molecule has 4 rings (SSSR count). The fourth-order valence-electron chi connectivity index (χ4n) is 3.14. The number of carbonyl (C=O) groups is 1. The lowest BCUT2D eigenvalue weighted by atomic mass is 10.1. The summed E-state index contributed by atoms with van der Waals surface area (Å²) in [6.45, 7) is 1.72. The SMILES string of the molecule is Cc1ccnc(NS(=O)(=O)c2ccc(NC(=O)CSc3nc(-c4ccc(Cl)cc4)ccc3C#N)cc2)n1. The standard InChI is InChI=1S/C25H19ClN6O3S2/c1-16-12-13-28-25(29-16)32-37(34,35)21-9-7-20(8-10-21)30-23(33)15-36-24-18(14-27)4-11-22(31-24)17-2-5-19(26)6-3-17/h2-13H,15H2,1H3,(H,30,33)(H,28,29,32). The van der Waals surface area contributed by atoms with Crippen LogP contribution in [0, 0.1) is 18.3 Å². The lowest BCUT2D eigenvalue weighted by Gasteiger charge is -2.09. The molecule has 0 radical (unpaired) electrons. The van der Waals surface area contributed by atoms with E-state index in [2.05, 4.69) is 31.1 Å². The summed E-state index contributed by atoms with van der Waals surface area (Å²) >= 11 is 7.08. The first kappa shape index (κ1) is 26.1. The Kier molecular flexibility index (Phi) is 8.03. The van der Waals surface area contributed by atoms with Gasteiger partial charge in [0.1, 0.15) is 11.1 Å². The topological polar surface area (TPSA) is 138 Å². The van der Waals surface area contributed by atoms with E-state index < -0.39 is 10.0 Å². The third-order valence-electron chi connectivity index (χ3n) is 4.93. The Bertz CT molecular complexity index is 1590. The van der Waals surface area contributed by atoms with E-state index in [-0.39, 0.29) is 22.5 Å². The van der Waals surface area contributed by atoms with Gasteiger partial charge in [-0.05, 0) is 61.5 Å². The Morgan fingerprint density at radius 3 is 2.43 bits per heavy atom. The number of rotatable bonds is 8. The zero-order valence-corrected chi connectivity index (χ0v) is 21.7. The monoisotopic (exact) mass is 550 g/mol. The highest BCUT2D eigenvalue weighted by atomic mass is 35.5. The second-order valence-electron chi connectivity index (χ2n) is 7.66. The molecule has 9 nitrogen and oxygen atoms in total. The van der Waals surface area contributed by atoms with Gasteiger partial charge in [-0.1, -0.05) is 35.5 Å². The molecule has 37 heavy (non-hydrogen) atoms. The van der Waals surface area contributed by atoms with Crippen molar-refractivity contribution in [2.24, 2.45) is 0 Å². The Balaban J connectivity index is 1.39. The zero-order valence-electron chi connectivity index (χ0n) is 19.3. The summed E-state index contributed by atoms with van der Waals surface area (Å²) < 4.78 is 27.5. The molecule has 0 saturated carbocycles. The van der Waals surface area contributed by atoms with Crippen LogP contribution in [-0.2, 0) is 14.8 Å². The van der Waals surface area contributed by atoms with E-state index in [1.54, 1.807) is 37.3 Å². The molecule has 2 N–H and O–H groups in total. The summed E-state index contributed by atoms with van der Waals surface area (Å²) in [5.74, 6) is -0.368. The van der Waals surface area contributed by atoms with Gasteiger partial charge in [-0.15, -0.1) is 0 Å². The molecule has 0 aliphatic carbocycles. The van der Waals surface area contributed by atoms with Gasteiger partial charge in [-0.2, -0.15) is 5.26 Å². The van der Waals surface area contributed by atoms with Crippen molar-refractivity contribution < 1.29 is 13.2 Å². The van der Waals surface area contributed by atoms with Crippen molar-refractivity contribution >= 4 is 50.9 Å². The summed E-state index contributed by atoms with van der Waals surface area (Å²) in [6, 6.07) is 20.0. The lowest BCUT2D eigenvalue weighted by Crippen LogP contribution is -2.16. The smallest absolute Gasteiger partial charge is 0.264 e. The quantitative estimate of drug-likeness (QED) is 0.295. The Morgan fingerprint density at radius 2 is 1.76 bits per heavy atom. The van der Waals surface area contributed by atoms with Gasteiger partial charge < -0.3 is 5.32 Å². The second-order valence-corrected chi connectivity index (χ2v) is 10.7. The first-order chi connectivity index (χ1) is 17.7. The van der Waals surface area contributed by atoms with Gasteiger partial charge >= 0.3 is 0 Å². The molecule has 0 aliphatic rings. The average Bonchev–Trinajstić information content (AvgIpc) is 2.88. The highest BCUT2D eigenvalue weighted by molar-refractivity contribution is 8.00. The number of halogens is 1. The van der Waals surface area contributed by atoms with Gasteiger partial charge in [0.25, 0.3) is 10.0 Å². The van der Waals surface area contributed by atoms with Gasteiger partial charge in [-0.3, -0.25) is 4.79 Å². The van der Waals surface area contributed by atoms with E-state index in [4.69, 9.17) is 11.6 Å². The minimum atomic E-state index is -3.90. The van der Waals surface area contributed by atoms with E-state index in [9.17, 15) is 18.5 Å². The molecule has 0 bridgehead atoms. The zero-order chi connectivity index (χ0) is 26.4. The molecule has 0 spiro atoms. The predicted molar refractivity (Wildman–Crippen MR) is 143 cm³/mol. The van der Waals surface area contributed by atoms with E-state index in [0.717, 1.165) is 17.3 Å². The minimum absolute atomic E-state index is 0.00193. The van der Waals surface area contributed by atoms with Crippen LogP contribution < -0.4 is 10.0 Å². The molecular formula is C25H19ClN6O3S2. The van der Waals surface area contributed by atoms with Gasteiger partial charge in [0, 0.05) is 28.2 Å². The molecule has 0 atom stereocenters. The average molecular weight is 551 g/mol. The summed E-state index contributed by atoms with van der Waals surface area (Å²) in [5.41, 5.74) is 2.88. The molecule has 0 saturated heterocycles. The van der Waals surface area contributed by atoms with Crippen molar-refractivity contribution in [3.8, 4) is 17.3 Å². The summed E-state index contributed by atoms with van der Waals surface area (Å²) in [4.78, 5) is 25.0. The fourth-order valence-corrected chi connectivity index (χ4v) is 4.99. The highest BCUT2D eigenvalue weighted by Gasteiger charge is 2.16. The van der Waals surface area contributed by atoms with Crippen LogP contribution in [0.4, 0.5) is 11.6 Å². The van der Waals surface area contributed by atoms with Crippen molar-refractivity contribution in [2.75, 3.05) is 15.8 Å². The minimum Gasteiger partial charge on any atom is -0.325 e. The number of benzene rings is 2. The maximum absolute atomic E-state index is 12.6. The number of amides is 1. The molecule has 2 heterocycles. The van der Waals surface area contributed by atoms with Crippen LogP contribution in [0.2, 0.25) is 5.02 Å². The highest BCUT2D eigenvalue weighted by Crippen LogP contribution is 2.26. The first-order valence-corrected chi connectivity index (χ1v) is 13.6. The largest absolute Gasteiger partial charge is 0.325 e. The molecule has 186 valence electrons. The Hall–Kier alpha value is -3.98. The van der Waals surface area contributed by atoms with E-state index >= 15 is 0 Å². The molecule has 2 aromatic carbocycles. The van der Waals surface area contributed by atoms with Crippen LogP contribution >= 0.6 is 23.4 Å². The van der Waals surface area contributed by atoms with E-state index in [1.807, 2.05) is 12.1 Å². The molecule has 0 aliphatic heterocycles. The van der Waals surface area contributed by atoms with Crippen molar-refractivity contribution in [3.63, 3.8) is 0 Å². The molecule has 2 aromatic heterocycles. The summed E-state index contributed by atoms with van der Waals surface area (Å²) in [5, 5.41) is 13.2. The summed E-state index contributed by atoms with van der Waals surface area (Å²) in [6.07, 6.45) is 1.46. The molecule has 1 amide bonds. The molecule has 0 fully saturated rings. The number of nitrogens with one attached hydrogen (secondary N) is 2. The fraction of sp³-hybridized carbons (Fsp3) is 0.0800. The van der Waals surface area contributed by atoms with Crippen molar-refractivity contribution in [1.29, 1.82) is 5.26 Å². The number of pyridine rings is 1. The van der Waals surface area contributed by atoms with Gasteiger partial charge in [-0.25, -0.2) is 28.1 Å². The number of hydrogen-bond donors (Lipinski definition) is 2. The number of sulfonamides is 1. The van der Waals surface area contributed by atoms with Crippen LogP contribution in [0.5, 0.6) is 0 Å². The van der Waals surface area contributed by atoms with E-state index in [0.29, 0.717) is 32.7 Å². The van der Waals surface area contributed by atoms with Crippen molar-refractivity contribution in [1.82, 2.24) is 15.0 Å². The third kappa shape index (κ3) is 6.83. The third-order valence-corrected chi connectivity index (χ3v) is 7.52. The normalized spacial score (nSPS) is 10.9. The lowest BCUT2D eigenvalue weighted by molar-refractivity contribution is -0.113. The summed E-state index contributed by atoms with van der Waals surface area (Å²) in [7, 11) is -3.90. The number of nitrogens with zero attached hydrogens (tertiary/aromatic N) is 4. The number of aryl methyl sites for hydroxylation is 1. The predicted octanol–water partition coefficient (Wildman–Crippen LogP) is 4.90. The first-order valence-electron chi connectivity index (χ1n) is 10.8. The molecular weight excluding hydrogens is 532 g/mol. The maximum atomic E-state index is 12.6. The Labute approximate surface area is 223 Å². The van der Waals surface area contributed by atoms with Crippen LogP contribution in [0.15, 0.2) is 82.8 Å². The second kappa shape index (κ2) is 11.4. The van der Waals surface area contributed by atoms with Crippen molar-refractivity contribution in [2.45, 2.75) is 16.8 Å². The number of thioether (sulfide) groups is 1. The van der Waals surface area contributed by atoms with Gasteiger partial charge in [0.2, 0.25) is 11.9 Å². The van der Waals surface area contributed by atoms with Crippen LogP contribution in [0.25, 0.3) is 11.3 Å². The molecule has 4 aromatic rings. The number of carbonyl (C=O) groups excluding carboxylic acids is 1. The van der Waals surface area contributed by atoms with Crippen LogP contribution in [0.1, 0.15) is 11.3 Å². The van der Waals surface area contributed by atoms with Crippen molar-refractivity contribution in [3.05, 3.63) is 89.2 Å². The van der Waals surface area contributed by atoms with Gasteiger partial charge in [0.15, 0.2) is 0 Å².